The van der Waals surface area contributed by atoms with Crippen LogP contribution in [0.25, 0.3) is 64.6 Å². The zero-order valence-electron chi connectivity index (χ0n) is 17.3. The van der Waals surface area contributed by atoms with Gasteiger partial charge in [0.05, 0.1) is 0 Å². The number of rotatable bonds is 0. The van der Waals surface area contributed by atoms with Gasteiger partial charge in [-0.2, -0.15) is 0 Å². The Balaban J connectivity index is 1.95. The third-order valence-electron chi connectivity index (χ3n) is 6.94. The van der Waals surface area contributed by atoms with Gasteiger partial charge in [0, 0.05) is 0 Å². The molecule has 0 heteroatoms. The lowest BCUT2D eigenvalue weighted by Crippen LogP contribution is -1.89. The first-order valence-electron chi connectivity index (χ1n) is 10.9. The van der Waals surface area contributed by atoms with E-state index in [-0.39, 0.29) is 0 Å². The molecule has 0 nitrogen and oxygen atoms in total. The van der Waals surface area contributed by atoms with Crippen LogP contribution in [0.5, 0.6) is 0 Å². The molecule has 0 heterocycles. The van der Waals surface area contributed by atoms with E-state index in [9.17, 15) is 0 Å². The van der Waals surface area contributed by atoms with Crippen molar-refractivity contribution in [1.29, 1.82) is 0 Å². The summed E-state index contributed by atoms with van der Waals surface area (Å²) in [5, 5.41) is 16.1. The van der Waals surface area contributed by atoms with Crippen LogP contribution in [0.4, 0.5) is 0 Å². The molecule has 31 heavy (non-hydrogen) atoms. The van der Waals surface area contributed by atoms with Gasteiger partial charge in [-0.3, -0.25) is 0 Å². The summed E-state index contributed by atoms with van der Waals surface area (Å²) in [5.74, 6) is 0. The topological polar surface area (TPSA) is 0 Å². The number of benzene rings is 7. The van der Waals surface area contributed by atoms with Gasteiger partial charge in [0.1, 0.15) is 0 Å². The zero-order chi connectivity index (χ0) is 20.5. The summed E-state index contributed by atoms with van der Waals surface area (Å²) in [7, 11) is 0. The fourth-order valence-electron chi connectivity index (χ4n) is 5.66. The summed E-state index contributed by atoms with van der Waals surface area (Å²) >= 11 is 0. The fourth-order valence-corrected chi connectivity index (χ4v) is 5.66. The van der Waals surface area contributed by atoms with Crippen molar-refractivity contribution in [2.24, 2.45) is 0 Å². The van der Waals surface area contributed by atoms with E-state index in [1.54, 1.807) is 0 Å². The molecule has 0 saturated heterocycles. The lowest BCUT2D eigenvalue weighted by Gasteiger charge is -2.17. The van der Waals surface area contributed by atoms with Crippen LogP contribution in [0, 0.1) is 6.92 Å². The van der Waals surface area contributed by atoms with Crippen molar-refractivity contribution in [3.63, 3.8) is 0 Å². The Kier molecular flexibility index (Phi) is 3.29. The first-order chi connectivity index (χ1) is 15.3. The lowest BCUT2D eigenvalue weighted by molar-refractivity contribution is 1.55. The van der Waals surface area contributed by atoms with Crippen LogP contribution in [0.2, 0.25) is 0 Å². The SMILES string of the molecule is Cc1cccc2c3ccccc3c3ccc4c5ccccc5c5ccccc5c4c3c12. The minimum atomic E-state index is 1.33. The molecular formula is C31H20. The molecule has 0 spiro atoms. The van der Waals surface area contributed by atoms with E-state index >= 15 is 0 Å². The fraction of sp³-hybridized carbons (Fsp3) is 0.0323. The highest BCUT2D eigenvalue weighted by atomic mass is 14.2. The predicted molar refractivity (Wildman–Crippen MR) is 136 cm³/mol. The van der Waals surface area contributed by atoms with Gasteiger partial charge < -0.3 is 0 Å². The standard InChI is InChI=1S/C31H20/c1-19-9-8-16-25-23-13-4-5-14-24(23)28-18-17-27-22-12-3-2-10-20(22)21-11-6-7-15-26(21)30(27)31(28)29(19)25/h2-18H,1H3. The maximum Gasteiger partial charge on any atom is -0.00112 e. The van der Waals surface area contributed by atoms with Crippen LogP contribution in [-0.2, 0) is 0 Å². The second-order valence-electron chi connectivity index (χ2n) is 8.54. The maximum atomic E-state index is 2.34. The summed E-state index contributed by atoms with van der Waals surface area (Å²) in [6, 6.07) is 38.0. The summed E-state index contributed by atoms with van der Waals surface area (Å²) in [4.78, 5) is 0. The minimum absolute atomic E-state index is 1.33. The Morgan fingerprint density at radius 1 is 0.290 bits per heavy atom. The van der Waals surface area contributed by atoms with Gasteiger partial charge in [-0.25, -0.2) is 0 Å². The number of hydrogen-bond acceptors (Lipinski definition) is 0. The Morgan fingerprint density at radius 2 is 0.645 bits per heavy atom. The Labute approximate surface area is 180 Å². The van der Waals surface area contributed by atoms with Crippen molar-refractivity contribution < 1.29 is 0 Å². The quantitative estimate of drug-likeness (QED) is 0.226. The van der Waals surface area contributed by atoms with E-state index in [2.05, 4.69) is 110 Å². The van der Waals surface area contributed by atoms with Gasteiger partial charge in [-0.05, 0) is 77.1 Å². The second kappa shape index (κ2) is 6.06. The zero-order valence-corrected chi connectivity index (χ0v) is 17.3. The molecule has 0 radical (unpaired) electrons. The minimum Gasteiger partial charge on any atom is -0.0616 e. The van der Waals surface area contributed by atoms with Crippen LogP contribution >= 0.6 is 0 Å². The van der Waals surface area contributed by atoms with Crippen LogP contribution in [-0.4, -0.2) is 0 Å². The predicted octanol–water partition coefficient (Wildman–Crippen LogP) is 8.91. The van der Waals surface area contributed by atoms with E-state index < -0.39 is 0 Å². The molecule has 7 aromatic carbocycles. The van der Waals surface area contributed by atoms with E-state index in [1.165, 1.54) is 70.2 Å². The Bertz CT molecular complexity index is 1800. The average molecular weight is 393 g/mol. The van der Waals surface area contributed by atoms with E-state index in [1.807, 2.05) is 0 Å². The first-order valence-corrected chi connectivity index (χ1v) is 10.9. The Morgan fingerprint density at radius 3 is 1.19 bits per heavy atom. The second-order valence-corrected chi connectivity index (χ2v) is 8.54. The van der Waals surface area contributed by atoms with E-state index in [0.29, 0.717) is 0 Å². The average Bonchev–Trinajstić information content (AvgIpc) is 2.84. The molecule has 0 aromatic heterocycles. The van der Waals surface area contributed by atoms with Crippen molar-refractivity contribution in [2.45, 2.75) is 6.92 Å². The van der Waals surface area contributed by atoms with Gasteiger partial charge in [0.25, 0.3) is 0 Å². The molecule has 0 aliphatic rings. The molecule has 0 aliphatic heterocycles. The highest BCUT2D eigenvalue weighted by Gasteiger charge is 2.16. The molecule has 0 unspecified atom stereocenters. The summed E-state index contributed by atoms with van der Waals surface area (Å²) in [6.07, 6.45) is 0. The third-order valence-corrected chi connectivity index (χ3v) is 6.94. The number of hydrogen-bond donors (Lipinski definition) is 0. The molecule has 0 amide bonds. The van der Waals surface area contributed by atoms with Crippen molar-refractivity contribution in [1.82, 2.24) is 0 Å². The third kappa shape index (κ3) is 2.14. The van der Waals surface area contributed by atoms with Gasteiger partial charge >= 0.3 is 0 Å². The number of fused-ring (bicyclic) bond motifs is 13. The molecule has 0 atom stereocenters. The normalized spacial score (nSPS) is 12.0. The molecule has 0 N–H and O–H groups in total. The summed E-state index contributed by atoms with van der Waals surface area (Å²) in [5.41, 5.74) is 1.33. The summed E-state index contributed by atoms with van der Waals surface area (Å²) < 4.78 is 0. The van der Waals surface area contributed by atoms with Crippen molar-refractivity contribution in [3.8, 4) is 0 Å². The first kappa shape index (κ1) is 16.8. The molecular weight excluding hydrogens is 372 g/mol. The lowest BCUT2D eigenvalue weighted by atomic mass is 9.86. The van der Waals surface area contributed by atoms with Crippen molar-refractivity contribution in [2.75, 3.05) is 0 Å². The van der Waals surface area contributed by atoms with Gasteiger partial charge in [0.15, 0.2) is 0 Å². The van der Waals surface area contributed by atoms with E-state index in [4.69, 9.17) is 0 Å². The van der Waals surface area contributed by atoms with Crippen LogP contribution < -0.4 is 0 Å². The van der Waals surface area contributed by atoms with Crippen LogP contribution in [0.15, 0.2) is 103 Å². The maximum absolute atomic E-state index is 2.34. The van der Waals surface area contributed by atoms with Gasteiger partial charge in [-0.15, -0.1) is 0 Å². The Hall–Kier alpha value is -3.90. The molecule has 0 saturated carbocycles. The molecule has 7 rings (SSSR count). The van der Waals surface area contributed by atoms with E-state index in [0.717, 1.165) is 0 Å². The van der Waals surface area contributed by atoms with Gasteiger partial charge in [0.2, 0.25) is 0 Å². The van der Waals surface area contributed by atoms with Gasteiger partial charge in [-0.1, -0.05) is 103 Å². The van der Waals surface area contributed by atoms with Crippen LogP contribution in [0.1, 0.15) is 5.56 Å². The molecule has 0 aliphatic carbocycles. The monoisotopic (exact) mass is 392 g/mol. The largest absolute Gasteiger partial charge is 0.0616 e. The molecule has 0 bridgehead atoms. The smallest absolute Gasteiger partial charge is 0.00112 e. The van der Waals surface area contributed by atoms with Crippen molar-refractivity contribution in [3.05, 3.63) is 109 Å². The highest BCUT2D eigenvalue weighted by molar-refractivity contribution is 6.39. The van der Waals surface area contributed by atoms with Crippen molar-refractivity contribution >= 4 is 64.6 Å². The summed E-state index contributed by atoms with van der Waals surface area (Å²) in [6.45, 7) is 2.25. The molecule has 7 aromatic rings. The molecule has 144 valence electrons. The number of aryl methyl sites for hydroxylation is 1. The van der Waals surface area contributed by atoms with Crippen LogP contribution in [0.3, 0.4) is 0 Å². The highest BCUT2D eigenvalue weighted by Crippen LogP contribution is 2.44. The molecule has 0 fully saturated rings.